The number of urea groups is 1. The maximum Gasteiger partial charge on any atom is 0.314 e. The van der Waals surface area contributed by atoms with Gasteiger partial charge in [0.05, 0.1) is 0 Å². The fraction of sp³-hybridized carbons (Fsp3) is 0.923. The van der Waals surface area contributed by atoms with E-state index >= 15 is 0 Å². The summed E-state index contributed by atoms with van der Waals surface area (Å²) in [6.45, 7) is 6.88. The van der Waals surface area contributed by atoms with Gasteiger partial charge in [0.2, 0.25) is 0 Å². The van der Waals surface area contributed by atoms with Crippen molar-refractivity contribution in [3.8, 4) is 0 Å². The first kappa shape index (κ1) is 13.3. The predicted octanol–water partition coefficient (Wildman–Crippen LogP) is 2.91. The maximum absolute atomic E-state index is 11.2. The highest BCUT2D eigenvalue weighted by atomic mass is 16.2. The summed E-state index contributed by atoms with van der Waals surface area (Å²) in [5.74, 6) is 0.774. The second-order valence-corrected chi connectivity index (χ2v) is 6.22. The molecular formula is C13H26N2O. The van der Waals surface area contributed by atoms with Gasteiger partial charge in [-0.3, -0.25) is 0 Å². The summed E-state index contributed by atoms with van der Waals surface area (Å²) in [6, 6.07) is 0.336. The van der Waals surface area contributed by atoms with Crippen LogP contribution in [-0.4, -0.2) is 19.1 Å². The van der Waals surface area contributed by atoms with Crippen LogP contribution in [0.5, 0.6) is 0 Å². The average Bonchev–Trinajstić information content (AvgIpc) is 2.15. The molecule has 0 heterocycles. The van der Waals surface area contributed by atoms with E-state index in [0.717, 1.165) is 18.8 Å². The number of hydrogen-bond donors (Lipinski definition) is 2. The van der Waals surface area contributed by atoms with Crippen molar-refractivity contribution in [3.05, 3.63) is 0 Å². The van der Waals surface area contributed by atoms with Crippen molar-refractivity contribution in [1.29, 1.82) is 0 Å². The summed E-state index contributed by atoms with van der Waals surface area (Å²) >= 11 is 0. The molecule has 2 N–H and O–H groups in total. The lowest BCUT2D eigenvalue weighted by Crippen LogP contribution is -2.43. The van der Waals surface area contributed by atoms with E-state index in [0.29, 0.717) is 11.5 Å². The van der Waals surface area contributed by atoms with Crippen LogP contribution in [0.15, 0.2) is 0 Å². The largest absolute Gasteiger partial charge is 0.341 e. The first-order valence-electron chi connectivity index (χ1n) is 6.39. The van der Waals surface area contributed by atoms with Crippen molar-refractivity contribution in [1.82, 2.24) is 10.6 Å². The van der Waals surface area contributed by atoms with Crippen LogP contribution >= 0.6 is 0 Å². The minimum absolute atomic E-state index is 0.0404. The molecule has 1 aliphatic carbocycles. The van der Waals surface area contributed by atoms with E-state index < -0.39 is 0 Å². The lowest BCUT2D eigenvalue weighted by atomic mass is 9.76. The van der Waals surface area contributed by atoms with Gasteiger partial charge in [0.15, 0.2) is 0 Å². The van der Waals surface area contributed by atoms with E-state index in [9.17, 15) is 4.79 Å². The first-order valence-corrected chi connectivity index (χ1v) is 6.39. The quantitative estimate of drug-likeness (QED) is 0.747. The Labute approximate surface area is 99.4 Å². The van der Waals surface area contributed by atoms with Crippen LogP contribution in [0.3, 0.4) is 0 Å². The maximum atomic E-state index is 11.2. The number of amides is 2. The van der Waals surface area contributed by atoms with Crippen molar-refractivity contribution in [3.63, 3.8) is 0 Å². The fourth-order valence-electron chi connectivity index (χ4n) is 2.73. The Morgan fingerprint density at radius 2 is 2.00 bits per heavy atom. The molecule has 16 heavy (non-hydrogen) atoms. The number of nitrogens with one attached hydrogen (secondary N) is 2. The molecule has 0 spiro atoms. The van der Waals surface area contributed by atoms with Gasteiger partial charge in [0.1, 0.15) is 0 Å². The van der Waals surface area contributed by atoms with Crippen LogP contribution in [0.1, 0.15) is 52.9 Å². The second kappa shape index (κ2) is 5.55. The van der Waals surface area contributed by atoms with Gasteiger partial charge in [0, 0.05) is 13.1 Å². The highest BCUT2D eigenvalue weighted by molar-refractivity contribution is 5.73. The Hall–Kier alpha value is -0.730. The third kappa shape index (κ3) is 4.86. The molecule has 94 valence electrons. The van der Waals surface area contributed by atoms with Gasteiger partial charge in [-0.1, -0.05) is 33.6 Å². The molecule has 0 saturated heterocycles. The van der Waals surface area contributed by atoms with E-state index in [1.54, 1.807) is 7.05 Å². The third-order valence-electron chi connectivity index (χ3n) is 3.25. The van der Waals surface area contributed by atoms with Crippen molar-refractivity contribution < 1.29 is 4.79 Å². The Morgan fingerprint density at radius 1 is 1.31 bits per heavy atom. The fourth-order valence-corrected chi connectivity index (χ4v) is 2.73. The minimum Gasteiger partial charge on any atom is -0.341 e. The Balaban J connectivity index is 2.38. The molecule has 0 aliphatic heterocycles. The standard InChI is InChI=1S/C13H26N2O/c1-13(2,3)9-10-6-5-7-11(8-10)15-12(16)14-4/h10-11H,5-9H2,1-4H3,(H2,14,15,16). The lowest BCUT2D eigenvalue weighted by Gasteiger charge is -2.33. The van der Waals surface area contributed by atoms with Crippen molar-refractivity contribution in [2.24, 2.45) is 11.3 Å². The molecule has 1 aliphatic rings. The minimum atomic E-state index is -0.0404. The summed E-state index contributed by atoms with van der Waals surface area (Å²) in [5.41, 5.74) is 0.402. The normalized spacial score (nSPS) is 26.2. The van der Waals surface area contributed by atoms with Crippen LogP contribution in [0.4, 0.5) is 4.79 Å². The van der Waals surface area contributed by atoms with Crippen molar-refractivity contribution in [2.45, 2.75) is 58.9 Å². The number of carbonyl (C=O) groups is 1. The zero-order chi connectivity index (χ0) is 12.2. The lowest BCUT2D eigenvalue weighted by molar-refractivity contribution is 0.202. The summed E-state index contributed by atoms with van der Waals surface area (Å²) in [6.07, 6.45) is 6.11. The van der Waals surface area contributed by atoms with E-state index in [2.05, 4.69) is 31.4 Å². The highest BCUT2D eigenvalue weighted by Gasteiger charge is 2.26. The van der Waals surface area contributed by atoms with Gasteiger partial charge < -0.3 is 10.6 Å². The molecule has 3 nitrogen and oxygen atoms in total. The van der Waals surface area contributed by atoms with E-state index in [1.165, 1.54) is 19.3 Å². The summed E-state index contributed by atoms with van der Waals surface area (Å²) in [7, 11) is 1.67. The third-order valence-corrected chi connectivity index (χ3v) is 3.25. The van der Waals surface area contributed by atoms with Gasteiger partial charge in [0.25, 0.3) is 0 Å². The molecule has 1 saturated carbocycles. The van der Waals surface area contributed by atoms with Gasteiger partial charge in [-0.05, 0) is 30.6 Å². The average molecular weight is 226 g/mol. The SMILES string of the molecule is CNC(=O)NC1CCCC(CC(C)(C)C)C1. The van der Waals surface area contributed by atoms with Gasteiger partial charge >= 0.3 is 6.03 Å². The zero-order valence-corrected chi connectivity index (χ0v) is 11.1. The molecule has 1 rings (SSSR count). The molecule has 0 radical (unpaired) electrons. The Bertz CT molecular complexity index is 233. The summed E-state index contributed by atoms with van der Waals surface area (Å²) in [5, 5.41) is 5.66. The molecular weight excluding hydrogens is 200 g/mol. The zero-order valence-electron chi connectivity index (χ0n) is 11.1. The second-order valence-electron chi connectivity index (χ2n) is 6.22. The Kier molecular flexibility index (Phi) is 4.63. The first-order chi connectivity index (χ1) is 7.40. The molecule has 3 heteroatoms. The highest BCUT2D eigenvalue weighted by Crippen LogP contribution is 2.34. The number of hydrogen-bond acceptors (Lipinski definition) is 1. The van der Waals surface area contributed by atoms with E-state index in [4.69, 9.17) is 0 Å². The van der Waals surface area contributed by atoms with Crippen LogP contribution in [0.25, 0.3) is 0 Å². The predicted molar refractivity (Wildman–Crippen MR) is 67.4 cm³/mol. The van der Waals surface area contributed by atoms with Crippen LogP contribution in [0, 0.1) is 11.3 Å². The molecule has 2 amide bonds. The number of carbonyl (C=O) groups excluding carboxylic acids is 1. The van der Waals surface area contributed by atoms with E-state index in [1.807, 2.05) is 0 Å². The van der Waals surface area contributed by atoms with Crippen molar-refractivity contribution in [2.75, 3.05) is 7.05 Å². The summed E-state index contributed by atoms with van der Waals surface area (Å²) in [4.78, 5) is 11.2. The van der Waals surface area contributed by atoms with Crippen LogP contribution < -0.4 is 10.6 Å². The van der Waals surface area contributed by atoms with E-state index in [-0.39, 0.29) is 6.03 Å². The van der Waals surface area contributed by atoms with Gasteiger partial charge in [-0.2, -0.15) is 0 Å². The van der Waals surface area contributed by atoms with Crippen LogP contribution in [-0.2, 0) is 0 Å². The van der Waals surface area contributed by atoms with Gasteiger partial charge in [-0.25, -0.2) is 4.79 Å². The molecule has 0 aromatic carbocycles. The number of rotatable bonds is 2. The smallest absolute Gasteiger partial charge is 0.314 e. The topological polar surface area (TPSA) is 41.1 Å². The molecule has 1 fully saturated rings. The summed E-state index contributed by atoms with van der Waals surface area (Å²) < 4.78 is 0. The monoisotopic (exact) mass is 226 g/mol. The molecule has 0 aromatic rings. The molecule has 0 bridgehead atoms. The van der Waals surface area contributed by atoms with Crippen LogP contribution in [0.2, 0.25) is 0 Å². The Morgan fingerprint density at radius 3 is 2.56 bits per heavy atom. The van der Waals surface area contributed by atoms with Gasteiger partial charge in [-0.15, -0.1) is 0 Å². The molecule has 2 unspecified atom stereocenters. The van der Waals surface area contributed by atoms with Crippen molar-refractivity contribution >= 4 is 6.03 Å². The molecule has 2 atom stereocenters. The molecule has 0 aromatic heterocycles.